The fourth-order valence-corrected chi connectivity index (χ4v) is 2.02. The van der Waals surface area contributed by atoms with Crippen molar-refractivity contribution in [2.24, 2.45) is 0 Å². The van der Waals surface area contributed by atoms with Crippen molar-refractivity contribution in [3.8, 4) is 0 Å². The number of hydrogen-bond acceptors (Lipinski definition) is 5. The molecule has 2 heterocycles. The summed E-state index contributed by atoms with van der Waals surface area (Å²) in [6.45, 7) is 1.96. The molecular weight excluding hydrogens is 246 g/mol. The predicted molar refractivity (Wildman–Crippen MR) is 68.5 cm³/mol. The number of aromatic nitrogens is 2. The van der Waals surface area contributed by atoms with Gasteiger partial charge in [0, 0.05) is 25.8 Å². The summed E-state index contributed by atoms with van der Waals surface area (Å²) < 4.78 is 10.2. The average molecular weight is 265 g/mol. The first-order valence-corrected chi connectivity index (χ1v) is 6.45. The van der Waals surface area contributed by atoms with Gasteiger partial charge in [0.1, 0.15) is 12.4 Å². The van der Waals surface area contributed by atoms with Crippen molar-refractivity contribution in [2.45, 2.75) is 25.3 Å². The molecule has 104 valence electrons. The van der Waals surface area contributed by atoms with Gasteiger partial charge < -0.3 is 14.8 Å². The van der Waals surface area contributed by atoms with E-state index in [1.165, 1.54) is 7.11 Å². The van der Waals surface area contributed by atoms with Crippen LogP contribution >= 0.6 is 0 Å². The number of ether oxygens (including phenoxy) is 2. The summed E-state index contributed by atoms with van der Waals surface area (Å²) in [5.41, 5.74) is 0.806. The maximum atomic E-state index is 11.3. The lowest BCUT2D eigenvalue weighted by Gasteiger charge is -2.20. The Balaban J connectivity index is 1.92. The molecule has 1 unspecified atom stereocenters. The quantitative estimate of drug-likeness (QED) is 0.845. The summed E-state index contributed by atoms with van der Waals surface area (Å²) >= 11 is 0. The Bertz CT molecular complexity index is 419. The Hall–Kier alpha value is -1.53. The van der Waals surface area contributed by atoms with Crippen molar-refractivity contribution in [3.63, 3.8) is 0 Å². The third-order valence-corrected chi connectivity index (χ3v) is 3.00. The third-order valence-electron chi connectivity index (χ3n) is 3.00. The molecule has 1 saturated heterocycles. The molecule has 1 aromatic rings. The minimum Gasteiger partial charge on any atom is -0.381 e. The van der Waals surface area contributed by atoms with E-state index >= 15 is 0 Å². The molecule has 0 radical (unpaired) electrons. The fourth-order valence-electron chi connectivity index (χ4n) is 2.02. The second-order valence-electron chi connectivity index (χ2n) is 4.53. The summed E-state index contributed by atoms with van der Waals surface area (Å²) in [5.74, 6) is 0.922. The topological polar surface area (TPSA) is 73.3 Å². The molecule has 6 nitrogen and oxygen atoms in total. The lowest BCUT2D eigenvalue weighted by molar-refractivity contribution is -0.124. The number of amides is 1. The smallest absolute Gasteiger partial charge is 0.246 e. The zero-order chi connectivity index (χ0) is 13.5. The predicted octanol–water partition coefficient (Wildman–Crippen LogP) is 0.633. The highest BCUT2D eigenvalue weighted by Crippen LogP contribution is 2.22. The van der Waals surface area contributed by atoms with Gasteiger partial charge in [-0.05, 0) is 18.9 Å². The summed E-state index contributed by atoms with van der Waals surface area (Å²) in [6, 6.07) is 1.81. The average Bonchev–Trinajstić information content (AvgIpc) is 2.47. The Labute approximate surface area is 112 Å². The first kappa shape index (κ1) is 13.9. The monoisotopic (exact) mass is 265 g/mol. The minimum atomic E-state index is -0.149. The molecule has 1 atom stereocenters. The van der Waals surface area contributed by atoms with E-state index in [2.05, 4.69) is 15.3 Å². The second-order valence-corrected chi connectivity index (χ2v) is 4.53. The van der Waals surface area contributed by atoms with E-state index in [0.29, 0.717) is 13.2 Å². The molecule has 0 aliphatic carbocycles. The summed E-state index contributed by atoms with van der Waals surface area (Å²) in [4.78, 5) is 20.1. The van der Waals surface area contributed by atoms with Crippen LogP contribution in [0.25, 0.3) is 0 Å². The highest BCUT2D eigenvalue weighted by Gasteiger charge is 2.18. The number of methoxy groups -OCH3 is 1. The Morgan fingerprint density at radius 3 is 3.26 bits per heavy atom. The van der Waals surface area contributed by atoms with Gasteiger partial charge in [-0.15, -0.1) is 0 Å². The molecular formula is C13H19N3O3. The summed E-state index contributed by atoms with van der Waals surface area (Å²) in [7, 11) is 1.49. The highest BCUT2D eigenvalue weighted by molar-refractivity contribution is 5.77. The molecule has 1 N–H and O–H groups in total. The molecule has 6 heteroatoms. The normalized spacial score (nSPS) is 19.1. The van der Waals surface area contributed by atoms with Crippen LogP contribution in [0.5, 0.6) is 0 Å². The van der Waals surface area contributed by atoms with E-state index < -0.39 is 0 Å². The molecule has 1 aliphatic heterocycles. The number of nitrogens with one attached hydrogen (secondary N) is 1. The van der Waals surface area contributed by atoms with Gasteiger partial charge in [0.25, 0.3) is 0 Å². The van der Waals surface area contributed by atoms with Crippen molar-refractivity contribution < 1.29 is 14.3 Å². The van der Waals surface area contributed by atoms with Crippen LogP contribution in [0.4, 0.5) is 0 Å². The Morgan fingerprint density at radius 2 is 2.53 bits per heavy atom. The molecule has 0 bridgehead atoms. The van der Waals surface area contributed by atoms with Crippen LogP contribution in [0.3, 0.4) is 0 Å². The van der Waals surface area contributed by atoms with E-state index in [1.54, 1.807) is 12.3 Å². The van der Waals surface area contributed by atoms with Crippen LogP contribution < -0.4 is 5.32 Å². The number of hydrogen-bond donors (Lipinski definition) is 1. The molecule has 1 fully saturated rings. The van der Waals surface area contributed by atoms with Crippen LogP contribution in [0, 0.1) is 0 Å². The van der Waals surface area contributed by atoms with Gasteiger partial charge in [-0.25, -0.2) is 9.97 Å². The minimum absolute atomic E-state index is 0.0639. The standard InChI is InChI=1S/C13H19N3O3/c1-18-9-12(17)15-7-11-4-5-14-13(16-11)10-3-2-6-19-8-10/h4-5,10H,2-3,6-9H2,1H3,(H,15,17). The van der Waals surface area contributed by atoms with Gasteiger partial charge in [-0.3, -0.25) is 4.79 Å². The molecule has 0 saturated carbocycles. The van der Waals surface area contributed by atoms with Gasteiger partial charge in [0.05, 0.1) is 18.8 Å². The molecule has 1 aromatic heterocycles. The number of rotatable bonds is 5. The maximum absolute atomic E-state index is 11.3. The van der Waals surface area contributed by atoms with Gasteiger partial charge in [0.15, 0.2) is 0 Å². The van der Waals surface area contributed by atoms with E-state index in [0.717, 1.165) is 31.0 Å². The Morgan fingerprint density at radius 1 is 1.63 bits per heavy atom. The molecule has 1 amide bonds. The highest BCUT2D eigenvalue weighted by atomic mass is 16.5. The van der Waals surface area contributed by atoms with Gasteiger partial charge in [-0.1, -0.05) is 0 Å². The first-order valence-electron chi connectivity index (χ1n) is 6.45. The molecule has 0 spiro atoms. The van der Waals surface area contributed by atoms with Crippen molar-refractivity contribution in [1.29, 1.82) is 0 Å². The van der Waals surface area contributed by atoms with Crippen molar-refractivity contribution in [1.82, 2.24) is 15.3 Å². The Kier molecular flexibility index (Phi) is 5.23. The van der Waals surface area contributed by atoms with Crippen LogP contribution in [-0.4, -0.2) is 42.8 Å². The lowest BCUT2D eigenvalue weighted by Crippen LogP contribution is -2.27. The fraction of sp³-hybridized carbons (Fsp3) is 0.615. The van der Waals surface area contributed by atoms with Crippen LogP contribution in [0.1, 0.15) is 30.3 Å². The second kappa shape index (κ2) is 7.16. The van der Waals surface area contributed by atoms with E-state index in [9.17, 15) is 4.79 Å². The first-order chi connectivity index (χ1) is 9.29. The molecule has 1 aliphatic rings. The van der Waals surface area contributed by atoms with Crippen LogP contribution in [-0.2, 0) is 20.8 Å². The molecule has 0 aromatic carbocycles. The van der Waals surface area contributed by atoms with Crippen molar-refractivity contribution in [2.75, 3.05) is 26.9 Å². The lowest BCUT2D eigenvalue weighted by atomic mass is 10.0. The zero-order valence-electron chi connectivity index (χ0n) is 11.1. The van der Waals surface area contributed by atoms with Crippen LogP contribution in [0.15, 0.2) is 12.3 Å². The van der Waals surface area contributed by atoms with Gasteiger partial charge >= 0.3 is 0 Å². The van der Waals surface area contributed by atoms with E-state index in [1.807, 2.05) is 0 Å². The van der Waals surface area contributed by atoms with Crippen molar-refractivity contribution >= 4 is 5.91 Å². The van der Waals surface area contributed by atoms with Gasteiger partial charge in [-0.2, -0.15) is 0 Å². The van der Waals surface area contributed by atoms with Gasteiger partial charge in [0.2, 0.25) is 5.91 Å². The summed E-state index contributed by atoms with van der Waals surface area (Å²) in [5, 5.41) is 2.74. The number of carbonyl (C=O) groups is 1. The largest absolute Gasteiger partial charge is 0.381 e. The number of carbonyl (C=O) groups excluding carboxylic acids is 1. The SMILES string of the molecule is COCC(=O)NCc1ccnc(C2CCCOC2)n1. The number of nitrogens with zero attached hydrogens (tertiary/aromatic N) is 2. The molecule has 19 heavy (non-hydrogen) atoms. The third kappa shape index (κ3) is 4.25. The summed E-state index contributed by atoms with van der Waals surface area (Å²) in [6.07, 6.45) is 3.83. The van der Waals surface area contributed by atoms with E-state index in [-0.39, 0.29) is 18.4 Å². The zero-order valence-corrected chi connectivity index (χ0v) is 11.1. The van der Waals surface area contributed by atoms with E-state index in [4.69, 9.17) is 9.47 Å². The maximum Gasteiger partial charge on any atom is 0.246 e. The molecule has 2 rings (SSSR count). The van der Waals surface area contributed by atoms with Crippen molar-refractivity contribution in [3.05, 3.63) is 23.8 Å². The van der Waals surface area contributed by atoms with Crippen LogP contribution in [0.2, 0.25) is 0 Å².